The summed E-state index contributed by atoms with van der Waals surface area (Å²) in [5, 5.41) is 9.26. The molecule has 0 saturated heterocycles. The molecule has 9 heteroatoms. The minimum atomic E-state index is -0.322. The number of hydrogen-bond donors (Lipinski definition) is 3. The largest absolute Gasteiger partial charge is 0.493 e. The lowest BCUT2D eigenvalue weighted by atomic mass is 10.2. The molecule has 0 aliphatic carbocycles. The van der Waals surface area contributed by atoms with Gasteiger partial charge in [-0.2, -0.15) is 0 Å². The molecule has 0 aliphatic heterocycles. The van der Waals surface area contributed by atoms with Gasteiger partial charge in [-0.05, 0) is 61.0 Å². The van der Waals surface area contributed by atoms with Gasteiger partial charge in [-0.15, -0.1) is 0 Å². The Hall–Kier alpha value is -3.04. The molecular formula is C23H26N4O3S2. The molecule has 0 bridgehead atoms. The minimum Gasteiger partial charge on any atom is -0.493 e. The van der Waals surface area contributed by atoms with Crippen LogP contribution in [-0.2, 0) is 4.79 Å². The second-order valence-electron chi connectivity index (χ2n) is 7.64. The maximum Gasteiger partial charge on any atom is 0.257 e. The van der Waals surface area contributed by atoms with Crippen LogP contribution >= 0.6 is 23.6 Å². The first-order chi connectivity index (χ1) is 15.3. The summed E-state index contributed by atoms with van der Waals surface area (Å²) >= 11 is 6.69. The molecule has 0 atom stereocenters. The second-order valence-corrected chi connectivity index (χ2v) is 9.08. The van der Waals surface area contributed by atoms with E-state index in [0.717, 1.165) is 16.6 Å². The van der Waals surface area contributed by atoms with Crippen molar-refractivity contribution in [2.75, 3.05) is 17.2 Å². The molecule has 2 aromatic carbocycles. The lowest BCUT2D eigenvalue weighted by molar-refractivity contribution is -0.116. The van der Waals surface area contributed by atoms with E-state index in [9.17, 15) is 9.59 Å². The van der Waals surface area contributed by atoms with Gasteiger partial charge in [-0.3, -0.25) is 14.9 Å². The quantitative estimate of drug-likeness (QED) is 0.392. The Balaban J connectivity index is 1.61. The smallest absolute Gasteiger partial charge is 0.257 e. The molecule has 1 heterocycles. The van der Waals surface area contributed by atoms with E-state index in [2.05, 4.69) is 34.8 Å². The fourth-order valence-corrected chi connectivity index (χ4v) is 3.92. The van der Waals surface area contributed by atoms with Crippen molar-refractivity contribution in [1.82, 2.24) is 10.3 Å². The van der Waals surface area contributed by atoms with Gasteiger partial charge >= 0.3 is 0 Å². The number of nitrogens with one attached hydrogen (secondary N) is 3. The van der Waals surface area contributed by atoms with E-state index in [1.54, 1.807) is 18.2 Å². The van der Waals surface area contributed by atoms with Crippen molar-refractivity contribution in [3.63, 3.8) is 0 Å². The van der Waals surface area contributed by atoms with Crippen LogP contribution in [0.2, 0.25) is 0 Å². The number of ether oxygens (including phenoxy) is 1. The van der Waals surface area contributed by atoms with Gasteiger partial charge in [-0.1, -0.05) is 38.2 Å². The number of anilines is 2. The standard InChI is InChI=1S/C23H26N4O3S2/c1-4-6-20(28)26-23-25-18-10-9-16(12-19(18)32-23)24-22(31)27-21(29)15-7-5-8-17(11-15)30-13-14(2)3/h5,7-12,14H,4,6,13H2,1-3H3,(H,25,26,28)(H2,24,27,29,31). The van der Waals surface area contributed by atoms with Gasteiger partial charge in [0.25, 0.3) is 5.91 Å². The maximum absolute atomic E-state index is 12.6. The van der Waals surface area contributed by atoms with Crippen molar-refractivity contribution in [2.45, 2.75) is 33.6 Å². The molecule has 3 rings (SSSR count). The first-order valence-electron chi connectivity index (χ1n) is 10.4. The molecule has 32 heavy (non-hydrogen) atoms. The van der Waals surface area contributed by atoms with E-state index in [4.69, 9.17) is 17.0 Å². The third kappa shape index (κ3) is 6.73. The second kappa shape index (κ2) is 11.0. The lowest BCUT2D eigenvalue weighted by Crippen LogP contribution is -2.34. The number of thiocarbonyl (C=S) groups is 1. The van der Waals surface area contributed by atoms with E-state index in [-0.39, 0.29) is 16.9 Å². The Bertz CT molecular complexity index is 1130. The van der Waals surface area contributed by atoms with Crippen LogP contribution in [0.5, 0.6) is 5.75 Å². The lowest BCUT2D eigenvalue weighted by Gasteiger charge is -2.11. The van der Waals surface area contributed by atoms with Crippen molar-refractivity contribution >= 4 is 61.5 Å². The summed E-state index contributed by atoms with van der Waals surface area (Å²) in [6.45, 7) is 6.66. The molecule has 0 spiro atoms. The Morgan fingerprint density at radius 3 is 2.72 bits per heavy atom. The molecule has 0 fully saturated rings. The maximum atomic E-state index is 12.6. The van der Waals surface area contributed by atoms with Gasteiger partial charge in [0.05, 0.1) is 16.8 Å². The summed E-state index contributed by atoms with van der Waals surface area (Å²) in [6, 6.07) is 12.5. The Morgan fingerprint density at radius 1 is 1.16 bits per heavy atom. The highest BCUT2D eigenvalue weighted by Gasteiger charge is 2.11. The third-order valence-electron chi connectivity index (χ3n) is 4.28. The van der Waals surface area contributed by atoms with Gasteiger partial charge in [0.15, 0.2) is 10.2 Å². The molecule has 2 amide bonds. The summed E-state index contributed by atoms with van der Waals surface area (Å²) in [5.74, 6) is 0.663. The number of hydrogen-bond acceptors (Lipinski definition) is 6. The number of thiazole rings is 1. The predicted molar refractivity (Wildman–Crippen MR) is 134 cm³/mol. The number of rotatable bonds is 8. The monoisotopic (exact) mass is 470 g/mol. The van der Waals surface area contributed by atoms with Crippen molar-refractivity contribution in [2.24, 2.45) is 5.92 Å². The van der Waals surface area contributed by atoms with Crippen molar-refractivity contribution in [3.8, 4) is 5.75 Å². The zero-order valence-corrected chi connectivity index (χ0v) is 19.9. The average Bonchev–Trinajstić information content (AvgIpc) is 3.13. The van der Waals surface area contributed by atoms with E-state index in [1.165, 1.54) is 11.3 Å². The number of carbonyl (C=O) groups excluding carboxylic acids is 2. The number of carbonyl (C=O) groups is 2. The van der Waals surface area contributed by atoms with Crippen LogP contribution in [0.15, 0.2) is 42.5 Å². The van der Waals surface area contributed by atoms with E-state index in [1.807, 2.05) is 31.2 Å². The summed E-state index contributed by atoms with van der Waals surface area (Å²) < 4.78 is 6.57. The molecule has 1 aromatic heterocycles. The Kier molecular flexibility index (Phi) is 8.13. The first kappa shape index (κ1) is 23.6. The number of benzene rings is 2. The van der Waals surface area contributed by atoms with Gasteiger partial charge in [0.1, 0.15) is 5.75 Å². The first-order valence-corrected chi connectivity index (χ1v) is 11.6. The highest BCUT2D eigenvalue weighted by atomic mass is 32.1. The molecule has 0 unspecified atom stereocenters. The molecule has 168 valence electrons. The third-order valence-corrected chi connectivity index (χ3v) is 5.41. The molecule has 7 nitrogen and oxygen atoms in total. The SMILES string of the molecule is CCCC(=O)Nc1nc2ccc(NC(=S)NC(=O)c3cccc(OCC(C)C)c3)cc2s1. The molecule has 3 N–H and O–H groups in total. The fourth-order valence-electron chi connectivity index (χ4n) is 2.79. The topological polar surface area (TPSA) is 92.4 Å². The normalized spacial score (nSPS) is 10.8. The zero-order chi connectivity index (χ0) is 23.1. The van der Waals surface area contributed by atoms with Crippen LogP contribution in [-0.4, -0.2) is 28.5 Å². The van der Waals surface area contributed by atoms with Crippen LogP contribution < -0.4 is 20.7 Å². The molecular weight excluding hydrogens is 444 g/mol. The Morgan fingerprint density at radius 2 is 1.97 bits per heavy atom. The minimum absolute atomic E-state index is 0.0486. The van der Waals surface area contributed by atoms with Crippen LogP contribution in [0, 0.1) is 5.92 Å². The van der Waals surface area contributed by atoms with Gasteiger partial charge in [0, 0.05) is 17.7 Å². The predicted octanol–water partition coefficient (Wildman–Crippen LogP) is 5.20. The Labute approximate surface area is 196 Å². The fraction of sp³-hybridized carbons (Fsp3) is 0.304. The molecule has 0 radical (unpaired) electrons. The van der Waals surface area contributed by atoms with E-state index in [0.29, 0.717) is 41.1 Å². The highest BCUT2D eigenvalue weighted by Crippen LogP contribution is 2.28. The molecule has 0 saturated carbocycles. The van der Waals surface area contributed by atoms with E-state index >= 15 is 0 Å². The average molecular weight is 471 g/mol. The van der Waals surface area contributed by atoms with Crippen LogP contribution in [0.4, 0.5) is 10.8 Å². The summed E-state index contributed by atoms with van der Waals surface area (Å²) in [6.07, 6.45) is 1.24. The van der Waals surface area contributed by atoms with Gasteiger partial charge in [0.2, 0.25) is 5.91 Å². The summed E-state index contributed by atoms with van der Waals surface area (Å²) in [5.41, 5.74) is 1.95. The van der Waals surface area contributed by atoms with Crippen molar-refractivity contribution in [1.29, 1.82) is 0 Å². The summed E-state index contributed by atoms with van der Waals surface area (Å²) in [4.78, 5) is 28.8. The molecule has 0 aliphatic rings. The van der Waals surface area contributed by atoms with Crippen LogP contribution in [0.3, 0.4) is 0 Å². The number of aromatic nitrogens is 1. The highest BCUT2D eigenvalue weighted by molar-refractivity contribution is 7.80. The zero-order valence-electron chi connectivity index (χ0n) is 18.2. The number of nitrogens with zero attached hydrogens (tertiary/aromatic N) is 1. The van der Waals surface area contributed by atoms with Crippen molar-refractivity contribution in [3.05, 3.63) is 48.0 Å². The van der Waals surface area contributed by atoms with Crippen LogP contribution in [0.25, 0.3) is 10.2 Å². The van der Waals surface area contributed by atoms with Crippen LogP contribution in [0.1, 0.15) is 44.0 Å². The van der Waals surface area contributed by atoms with E-state index < -0.39 is 0 Å². The summed E-state index contributed by atoms with van der Waals surface area (Å²) in [7, 11) is 0. The number of fused-ring (bicyclic) bond motifs is 1. The molecule has 3 aromatic rings. The van der Waals surface area contributed by atoms with Gasteiger partial charge < -0.3 is 15.4 Å². The van der Waals surface area contributed by atoms with Gasteiger partial charge in [-0.25, -0.2) is 4.98 Å². The number of amides is 2. The van der Waals surface area contributed by atoms with Crippen molar-refractivity contribution < 1.29 is 14.3 Å².